The Bertz CT molecular complexity index is 1090. The van der Waals surface area contributed by atoms with Crippen molar-refractivity contribution in [1.29, 1.82) is 0 Å². The first kappa shape index (κ1) is 20.8. The van der Waals surface area contributed by atoms with Crippen molar-refractivity contribution < 1.29 is 14.7 Å². The number of carbonyl (C=O) groups is 1. The Morgan fingerprint density at radius 2 is 1.65 bits per heavy atom. The summed E-state index contributed by atoms with van der Waals surface area (Å²) < 4.78 is 5.39. The topological polar surface area (TPSA) is 74.7 Å². The molecule has 2 aromatic carbocycles. The number of hydrogen-bond donors (Lipinski definition) is 2. The van der Waals surface area contributed by atoms with E-state index in [9.17, 15) is 4.79 Å². The summed E-state index contributed by atoms with van der Waals surface area (Å²) in [7, 11) is 0. The fourth-order valence-corrected chi connectivity index (χ4v) is 3.37. The quantitative estimate of drug-likeness (QED) is 0.391. The monoisotopic (exact) mass is 413 g/mol. The van der Waals surface area contributed by atoms with Gasteiger partial charge in [-0.3, -0.25) is 19.9 Å². The molecular formula is C25H23N3O3. The summed E-state index contributed by atoms with van der Waals surface area (Å²) in [6.45, 7) is 4.51. The molecule has 6 heteroatoms. The van der Waals surface area contributed by atoms with E-state index < -0.39 is 5.91 Å². The number of benzene rings is 2. The van der Waals surface area contributed by atoms with Gasteiger partial charge in [-0.1, -0.05) is 36.1 Å². The van der Waals surface area contributed by atoms with Gasteiger partial charge < -0.3 is 4.74 Å². The minimum absolute atomic E-state index is 0.341. The van der Waals surface area contributed by atoms with Crippen molar-refractivity contribution in [2.75, 3.05) is 26.3 Å². The molecule has 0 atom stereocenters. The molecule has 0 saturated carbocycles. The Balaban J connectivity index is 1.41. The van der Waals surface area contributed by atoms with E-state index in [1.165, 1.54) is 11.8 Å². The van der Waals surface area contributed by atoms with E-state index in [0.717, 1.165) is 49.5 Å². The van der Waals surface area contributed by atoms with Gasteiger partial charge in [0.05, 0.1) is 18.9 Å². The molecule has 0 spiro atoms. The molecule has 6 nitrogen and oxygen atoms in total. The zero-order valence-electron chi connectivity index (χ0n) is 17.0. The van der Waals surface area contributed by atoms with E-state index in [1.807, 2.05) is 24.3 Å². The molecule has 1 fully saturated rings. The van der Waals surface area contributed by atoms with Crippen molar-refractivity contribution in [3.8, 4) is 23.1 Å². The van der Waals surface area contributed by atoms with E-state index in [2.05, 4.69) is 46.0 Å². The summed E-state index contributed by atoms with van der Waals surface area (Å²) in [6.07, 6.45) is 1.54. The second-order valence-corrected chi connectivity index (χ2v) is 7.28. The Morgan fingerprint density at radius 1 is 1.00 bits per heavy atom. The molecule has 3 aromatic rings. The highest BCUT2D eigenvalue weighted by Gasteiger charge is 2.10. The molecule has 1 aliphatic rings. The smallest absolute Gasteiger partial charge is 0.274 e. The first-order valence-corrected chi connectivity index (χ1v) is 10.1. The number of morpholine rings is 1. The van der Waals surface area contributed by atoms with Crippen molar-refractivity contribution in [2.45, 2.75) is 6.54 Å². The zero-order valence-corrected chi connectivity index (χ0v) is 17.0. The Hall–Kier alpha value is -3.50. The molecule has 1 saturated heterocycles. The minimum atomic E-state index is -0.567. The fourth-order valence-electron chi connectivity index (χ4n) is 3.37. The molecular weight excluding hydrogens is 390 g/mol. The van der Waals surface area contributed by atoms with Crippen LogP contribution in [0.25, 0.3) is 11.3 Å². The van der Waals surface area contributed by atoms with Crippen molar-refractivity contribution in [3.63, 3.8) is 0 Å². The van der Waals surface area contributed by atoms with Crippen LogP contribution in [0, 0.1) is 11.8 Å². The number of rotatable bonds is 4. The van der Waals surface area contributed by atoms with Crippen LogP contribution in [0.5, 0.6) is 0 Å². The van der Waals surface area contributed by atoms with Crippen molar-refractivity contribution >= 4 is 5.91 Å². The van der Waals surface area contributed by atoms with Gasteiger partial charge in [-0.05, 0) is 42.0 Å². The third kappa shape index (κ3) is 5.56. The van der Waals surface area contributed by atoms with Crippen LogP contribution < -0.4 is 5.48 Å². The lowest BCUT2D eigenvalue weighted by Gasteiger charge is -2.26. The van der Waals surface area contributed by atoms with Gasteiger partial charge in [0.15, 0.2) is 0 Å². The molecule has 0 radical (unpaired) electrons. The largest absolute Gasteiger partial charge is 0.379 e. The van der Waals surface area contributed by atoms with Gasteiger partial charge in [-0.25, -0.2) is 5.48 Å². The highest BCUT2D eigenvalue weighted by molar-refractivity contribution is 5.94. The average Bonchev–Trinajstić information content (AvgIpc) is 2.84. The number of nitrogens with one attached hydrogen (secondary N) is 1. The molecule has 0 bridgehead atoms. The molecule has 1 aromatic heterocycles. The van der Waals surface area contributed by atoms with Crippen molar-refractivity contribution in [1.82, 2.24) is 15.4 Å². The maximum absolute atomic E-state index is 11.6. The standard InChI is InChI=1S/C25H23N3O3/c29-25(27-30)23-11-12-26-24(17-23)22-9-7-20(8-10-22)2-1-19-3-5-21(6-4-19)18-28-13-15-31-16-14-28/h3-12,17,30H,13-16,18H2,(H,27,29). The van der Waals surface area contributed by atoms with Gasteiger partial charge >= 0.3 is 0 Å². The molecule has 31 heavy (non-hydrogen) atoms. The maximum atomic E-state index is 11.6. The van der Waals surface area contributed by atoms with Crippen LogP contribution in [-0.4, -0.2) is 47.3 Å². The minimum Gasteiger partial charge on any atom is -0.379 e. The van der Waals surface area contributed by atoms with Gasteiger partial charge in [0.25, 0.3) is 5.91 Å². The maximum Gasteiger partial charge on any atom is 0.274 e. The SMILES string of the molecule is O=C(NO)c1ccnc(-c2ccc(C#Cc3ccc(CN4CCOCC4)cc3)cc2)c1. The second kappa shape index (κ2) is 10.0. The second-order valence-electron chi connectivity index (χ2n) is 7.28. The van der Waals surface area contributed by atoms with Gasteiger partial charge in [-0.2, -0.15) is 0 Å². The lowest BCUT2D eigenvalue weighted by Crippen LogP contribution is -2.35. The van der Waals surface area contributed by atoms with Crippen LogP contribution in [0.4, 0.5) is 0 Å². The zero-order chi connectivity index (χ0) is 21.5. The average molecular weight is 413 g/mol. The summed E-state index contributed by atoms with van der Waals surface area (Å²) in [6, 6.07) is 19.2. The third-order valence-corrected chi connectivity index (χ3v) is 5.12. The van der Waals surface area contributed by atoms with Gasteiger partial charge in [0.1, 0.15) is 0 Å². The van der Waals surface area contributed by atoms with E-state index in [0.29, 0.717) is 11.3 Å². The van der Waals surface area contributed by atoms with Gasteiger partial charge in [0, 0.05) is 48.1 Å². The number of ether oxygens (including phenoxy) is 1. The predicted molar refractivity (Wildman–Crippen MR) is 117 cm³/mol. The Labute approximate surface area is 181 Å². The lowest BCUT2D eigenvalue weighted by atomic mass is 10.1. The van der Waals surface area contributed by atoms with E-state index in [4.69, 9.17) is 9.94 Å². The van der Waals surface area contributed by atoms with Gasteiger partial charge in [0.2, 0.25) is 0 Å². The normalized spacial score (nSPS) is 13.8. The number of aromatic nitrogens is 1. The van der Waals surface area contributed by atoms with Crippen LogP contribution in [0.3, 0.4) is 0 Å². The summed E-state index contributed by atoms with van der Waals surface area (Å²) in [5, 5.41) is 8.79. The number of pyridine rings is 1. The number of nitrogens with zero attached hydrogens (tertiary/aromatic N) is 2. The van der Waals surface area contributed by atoms with Crippen molar-refractivity contribution in [2.24, 2.45) is 0 Å². The number of hydroxylamine groups is 1. The van der Waals surface area contributed by atoms with Crippen LogP contribution in [-0.2, 0) is 11.3 Å². The molecule has 1 aliphatic heterocycles. The van der Waals surface area contributed by atoms with Crippen LogP contribution in [0.15, 0.2) is 66.9 Å². The number of carbonyl (C=O) groups excluding carboxylic acids is 1. The molecule has 4 rings (SSSR count). The predicted octanol–water partition coefficient (Wildman–Crippen LogP) is 3.10. The number of amides is 1. The first-order chi connectivity index (χ1) is 15.2. The van der Waals surface area contributed by atoms with E-state index >= 15 is 0 Å². The van der Waals surface area contributed by atoms with Crippen LogP contribution in [0.1, 0.15) is 27.0 Å². The highest BCUT2D eigenvalue weighted by Crippen LogP contribution is 2.18. The Morgan fingerprint density at radius 3 is 2.29 bits per heavy atom. The van der Waals surface area contributed by atoms with Crippen molar-refractivity contribution in [3.05, 3.63) is 89.1 Å². The molecule has 2 heterocycles. The molecule has 0 aliphatic carbocycles. The molecule has 0 unspecified atom stereocenters. The molecule has 156 valence electrons. The summed E-state index contributed by atoms with van der Waals surface area (Å²) >= 11 is 0. The first-order valence-electron chi connectivity index (χ1n) is 10.1. The van der Waals surface area contributed by atoms with Gasteiger partial charge in [-0.15, -0.1) is 0 Å². The Kier molecular flexibility index (Phi) is 6.70. The van der Waals surface area contributed by atoms with Crippen LogP contribution in [0.2, 0.25) is 0 Å². The van der Waals surface area contributed by atoms with E-state index in [1.54, 1.807) is 17.6 Å². The third-order valence-electron chi connectivity index (χ3n) is 5.12. The molecule has 2 N–H and O–H groups in total. The summed E-state index contributed by atoms with van der Waals surface area (Å²) in [5.41, 5.74) is 6.63. The fraction of sp³-hybridized carbons (Fsp3) is 0.200. The highest BCUT2D eigenvalue weighted by atomic mass is 16.5. The summed E-state index contributed by atoms with van der Waals surface area (Å²) in [4.78, 5) is 18.3. The lowest BCUT2D eigenvalue weighted by molar-refractivity contribution is 0.0342. The van der Waals surface area contributed by atoms with E-state index in [-0.39, 0.29) is 0 Å². The number of hydrogen-bond acceptors (Lipinski definition) is 5. The van der Waals surface area contributed by atoms with Crippen LogP contribution >= 0.6 is 0 Å². The summed E-state index contributed by atoms with van der Waals surface area (Å²) in [5.74, 6) is 5.82. The molecule has 1 amide bonds.